The highest BCUT2D eigenvalue weighted by Crippen LogP contribution is 2.43. The molecule has 6 aromatic heterocycles. The normalized spacial score (nSPS) is 16.6. The molecule has 6 amide bonds. The van der Waals surface area contributed by atoms with Gasteiger partial charge in [0.2, 0.25) is 11.9 Å². The topological polar surface area (TPSA) is 284 Å². The monoisotopic (exact) mass is 1410 g/mol. The zero-order valence-corrected chi connectivity index (χ0v) is 59.4. The number of anilines is 2. The van der Waals surface area contributed by atoms with Crippen molar-refractivity contribution in [2.45, 2.75) is 231 Å². The maximum atomic E-state index is 13.8. The molecule has 2 atom stereocenters. The van der Waals surface area contributed by atoms with E-state index in [-0.39, 0.29) is 70.7 Å². The number of nitrogens with zero attached hydrogens (tertiary/aromatic N) is 14. The first-order valence-corrected chi connectivity index (χ1v) is 33.4. The standard InChI is InChI=1S/2C32H40F3N7O6S/c2*1-16-13-36-21(17(2)23(16)46-9)14-40-24-22-20(39-40)12-19(41(18-10-11-18)26(43)32(33,34)35)15-49-25(22)38-27(37-24)42(28(44)47-30(3,4)5)29(45)48-31(6,7)8/h2*13,18-19H,10-12,14-15H2,1-9H3/t2*19-/m10/s1. The highest BCUT2D eigenvalue weighted by atomic mass is 32.2. The average Bonchev–Trinajstić information content (AvgIpc) is 1.59. The van der Waals surface area contributed by atoms with Gasteiger partial charge in [0, 0.05) is 83.2 Å². The van der Waals surface area contributed by atoms with Crippen LogP contribution >= 0.6 is 23.5 Å². The fourth-order valence-corrected chi connectivity index (χ4v) is 13.4. The van der Waals surface area contributed by atoms with E-state index in [9.17, 15) is 55.1 Å². The number of amides is 6. The third kappa shape index (κ3) is 16.9. The van der Waals surface area contributed by atoms with Crippen molar-refractivity contribution in [3.05, 3.63) is 57.4 Å². The minimum Gasteiger partial charge on any atom is -0.496 e. The zero-order valence-electron chi connectivity index (χ0n) is 57.8. The van der Waals surface area contributed by atoms with Crippen LogP contribution in [0.25, 0.3) is 22.1 Å². The van der Waals surface area contributed by atoms with E-state index in [4.69, 9.17) is 38.6 Å². The molecule has 10 rings (SSSR count). The highest BCUT2D eigenvalue weighted by molar-refractivity contribution is 7.99. The SMILES string of the molecule is COc1c(C)cnc(Cn2nc3c4c(nc(N(C(=O)OC(C)(C)C)C(=O)OC(C)(C)C)nc42)SC[C@@H](N(C(=O)C(F)(F)F)C2CC2)C3)c1C.COc1c(C)cnc(Cn2nc3c4c(nc(N(C(=O)OC(C)(C)C)C(=O)OC(C)(C)C)nc42)SC[C@H](N(C(=O)C(F)(F)F)C2CC2)C3)c1C. The van der Waals surface area contributed by atoms with E-state index in [2.05, 4.69) is 29.9 Å². The van der Waals surface area contributed by atoms with Gasteiger partial charge in [0.15, 0.2) is 11.3 Å². The van der Waals surface area contributed by atoms with Crippen molar-refractivity contribution in [2.24, 2.45) is 0 Å². The lowest BCUT2D eigenvalue weighted by atomic mass is 10.1. The number of carbonyl (C=O) groups excluding carboxylic acids is 6. The van der Waals surface area contributed by atoms with Crippen LogP contribution in [0.3, 0.4) is 0 Å². The molecule has 2 fully saturated rings. The maximum Gasteiger partial charge on any atom is 0.471 e. The smallest absolute Gasteiger partial charge is 0.471 e. The van der Waals surface area contributed by atoms with E-state index < -0.39 is 95.1 Å². The Kier molecular flexibility index (Phi) is 20.7. The zero-order chi connectivity index (χ0) is 72.4. The summed E-state index contributed by atoms with van der Waals surface area (Å²) < 4.78 is 119. The third-order valence-electron chi connectivity index (χ3n) is 15.3. The van der Waals surface area contributed by atoms with Crippen molar-refractivity contribution in [1.29, 1.82) is 0 Å². The molecule has 34 heteroatoms. The number of hydrogen-bond donors (Lipinski definition) is 0. The van der Waals surface area contributed by atoms with E-state index in [0.717, 1.165) is 55.6 Å². The van der Waals surface area contributed by atoms with Crippen molar-refractivity contribution >= 4 is 93.7 Å². The number of aryl methyl sites for hydroxylation is 2. The van der Waals surface area contributed by atoms with E-state index in [1.165, 1.54) is 9.36 Å². The quantitative estimate of drug-likeness (QED) is 0.0625. The molecule has 2 saturated carbocycles. The molecular formula is C64H80F6N14O12S2. The molecule has 0 radical (unpaired) electrons. The van der Waals surface area contributed by atoms with Gasteiger partial charge in [-0.25, -0.2) is 38.5 Å². The molecule has 2 aliphatic carbocycles. The number of pyridine rings is 2. The van der Waals surface area contributed by atoms with Gasteiger partial charge in [-0.1, -0.05) is 0 Å². The summed E-state index contributed by atoms with van der Waals surface area (Å²) in [5, 5.41) is 11.0. The number of rotatable bonds is 12. The molecule has 6 aromatic rings. The van der Waals surface area contributed by atoms with Crippen molar-refractivity contribution in [3.63, 3.8) is 0 Å². The van der Waals surface area contributed by atoms with Crippen LogP contribution in [0.4, 0.5) is 57.4 Å². The summed E-state index contributed by atoms with van der Waals surface area (Å²) in [5.74, 6) is -3.20. The number of methoxy groups -OCH3 is 2. The molecule has 0 unspecified atom stereocenters. The predicted molar refractivity (Wildman–Crippen MR) is 348 cm³/mol. The summed E-state index contributed by atoms with van der Waals surface area (Å²) in [5.41, 5.74) is 1.35. The first-order valence-electron chi connectivity index (χ1n) is 31.5. The minimum atomic E-state index is -5.05. The van der Waals surface area contributed by atoms with Crippen LogP contribution in [0, 0.1) is 27.7 Å². The Morgan fingerprint density at radius 3 is 1.06 bits per heavy atom. The fourth-order valence-electron chi connectivity index (χ4n) is 11.1. The molecular weight excluding hydrogens is 1330 g/mol. The van der Waals surface area contributed by atoms with Gasteiger partial charge in [0.05, 0.1) is 60.9 Å². The van der Waals surface area contributed by atoms with Crippen molar-refractivity contribution < 1.29 is 83.5 Å². The van der Waals surface area contributed by atoms with Gasteiger partial charge in [-0.05, 0) is 136 Å². The molecule has 4 aliphatic rings. The van der Waals surface area contributed by atoms with Crippen LogP contribution in [0.1, 0.15) is 154 Å². The van der Waals surface area contributed by atoms with Gasteiger partial charge in [-0.15, -0.1) is 33.3 Å². The summed E-state index contributed by atoms with van der Waals surface area (Å²) in [7, 11) is 3.09. The van der Waals surface area contributed by atoms with Gasteiger partial charge >= 0.3 is 48.5 Å². The van der Waals surface area contributed by atoms with Gasteiger partial charge in [-0.2, -0.15) is 46.5 Å². The summed E-state index contributed by atoms with van der Waals surface area (Å²) in [6.45, 7) is 27.1. The predicted octanol–water partition coefficient (Wildman–Crippen LogP) is 12.3. The molecule has 2 aliphatic heterocycles. The van der Waals surface area contributed by atoms with Crippen LogP contribution < -0.4 is 19.3 Å². The summed E-state index contributed by atoms with van der Waals surface area (Å²) in [6, 6.07) is -2.82. The number of thioether (sulfide) groups is 2. The molecule has 0 aromatic carbocycles. The average molecular weight is 1420 g/mol. The van der Waals surface area contributed by atoms with Crippen LogP contribution in [-0.2, 0) is 54.5 Å². The number of alkyl halides is 6. The Balaban J connectivity index is 0.000000229. The van der Waals surface area contributed by atoms with Crippen LogP contribution in [0.15, 0.2) is 22.4 Å². The fraction of sp³-hybridized carbons (Fsp3) is 0.594. The largest absolute Gasteiger partial charge is 0.496 e. The van der Waals surface area contributed by atoms with E-state index in [0.29, 0.717) is 80.5 Å². The van der Waals surface area contributed by atoms with Gasteiger partial charge in [0.1, 0.15) is 44.0 Å². The number of aromatic nitrogens is 10. The summed E-state index contributed by atoms with van der Waals surface area (Å²) in [6.07, 6.45) is -9.32. The third-order valence-corrected chi connectivity index (χ3v) is 17.6. The highest BCUT2D eigenvalue weighted by Gasteiger charge is 2.52. The molecule has 26 nitrogen and oxygen atoms in total. The number of ether oxygens (including phenoxy) is 6. The van der Waals surface area contributed by atoms with Crippen molar-refractivity contribution in [1.82, 2.24) is 59.3 Å². The molecule has 532 valence electrons. The number of halogens is 6. The molecule has 0 N–H and O–H groups in total. The second kappa shape index (κ2) is 27.4. The van der Waals surface area contributed by atoms with Gasteiger partial charge in [0.25, 0.3) is 0 Å². The van der Waals surface area contributed by atoms with Crippen molar-refractivity contribution in [2.75, 3.05) is 35.5 Å². The Bertz CT molecular complexity index is 3800. The Morgan fingerprint density at radius 1 is 0.490 bits per heavy atom. The number of carbonyl (C=O) groups is 6. The second-order valence-corrected chi connectivity index (χ2v) is 30.2. The lowest BCUT2D eigenvalue weighted by molar-refractivity contribution is -0.188. The Hall–Kier alpha value is -8.30. The first-order chi connectivity index (χ1) is 45.4. The molecule has 98 heavy (non-hydrogen) atoms. The molecule has 0 spiro atoms. The number of imide groups is 2. The van der Waals surface area contributed by atoms with Gasteiger partial charge in [-0.3, -0.25) is 19.6 Å². The molecule has 0 saturated heterocycles. The van der Waals surface area contributed by atoms with E-state index in [1.807, 2.05) is 27.7 Å². The molecule has 8 heterocycles. The van der Waals surface area contributed by atoms with Crippen LogP contribution in [0.5, 0.6) is 11.5 Å². The van der Waals surface area contributed by atoms with Gasteiger partial charge < -0.3 is 38.2 Å². The van der Waals surface area contributed by atoms with E-state index >= 15 is 0 Å². The second-order valence-electron chi connectivity index (χ2n) is 28.2. The lowest BCUT2D eigenvalue weighted by Gasteiger charge is -2.31. The summed E-state index contributed by atoms with van der Waals surface area (Å²) >= 11 is 2.18. The Labute approximate surface area is 569 Å². The Morgan fingerprint density at radius 2 is 0.796 bits per heavy atom. The summed E-state index contributed by atoms with van der Waals surface area (Å²) in [4.78, 5) is 110. The molecule has 0 bridgehead atoms. The maximum absolute atomic E-state index is 13.8. The lowest BCUT2D eigenvalue weighted by Crippen LogP contribution is -2.50. The first kappa shape index (κ1) is 73.9. The number of hydrogen-bond acceptors (Lipinski definition) is 22. The minimum absolute atomic E-state index is 0.00397. The van der Waals surface area contributed by atoms with Crippen LogP contribution in [0.2, 0.25) is 0 Å². The van der Waals surface area contributed by atoms with E-state index in [1.54, 1.807) is 110 Å². The van der Waals surface area contributed by atoms with Crippen LogP contribution in [-0.4, -0.2) is 180 Å². The van der Waals surface area contributed by atoms with Crippen molar-refractivity contribution in [3.8, 4) is 11.5 Å².